The number of carbonyl (C=O) groups excluding carboxylic acids is 1. The van der Waals surface area contributed by atoms with Crippen molar-refractivity contribution in [2.75, 3.05) is 0 Å². The number of benzene rings is 1. The normalized spacial score (nSPS) is 15.3. The van der Waals surface area contributed by atoms with Crippen molar-refractivity contribution in [2.24, 2.45) is 0 Å². The van der Waals surface area contributed by atoms with Crippen LogP contribution in [-0.4, -0.2) is 11.2 Å². The van der Waals surface area contributed by atoms with Gasteiger partial charge in [0.25, 0.3) is 0 Å². The van der Waals surface area contributed by atoms with Crippen LogP contribution in [0.25, 0.3) is 0 Å². The zero-order valence-electron chi connectivity index (χ0n) is 10.3. The lowest BCUT2D eigenvalue weighted by Crippen LogP contribution is -2.04. The number of thioether (sulfide) groups is 1. The first kappa shape index (κ1) is 13.0. The molecule has 0 N–H and O–H groups in total. The Hall–Kier alpha value is -1.47. The van der Waals surface area contributed by atoms with Crippen molar-refractivity contribution in [3.05, 3.63) is 23.8 Å². The van der Waals surface area contributed by atoms with Gasteiger partial charge in [0.05, 0.1) is 0 Å². The molecule has 0 amide bonds. The number of ether oxygens (including phenoxy) is 1. The molecule has 0 radical (unpaired) electrons. The Labute approximate surface area is 111 Å². The van der Waals surface area contributed by atoms with Crippen LogP contribution in [0, 0.1) is 11.3 Å². The average Bonchev–Trinajstić information content (AvgIpc) is 2.81. The minimum absolute atomic E-state index is 0.369. The molecule has 0 saturated heterocycles. The van der Waals surface area contributed by atoms with E-state index in [2.05, 4.69) is 6.07 Å². The summed E-state index contributed by atoms with van der Waals surface area (Å²) in [7, 11) is 0. The predicted molar refractivity (Wildman–Crippen MR) is 70.6 cm³/mol. The molecule has 1 aliphatic rings. The lowest BCUT2D eigenvalue weighted by Gasteiger charge is -2.12. The fraction of sp³-hybridized carbons (Fsp3) is 0.429. The predicted octanol–water partition coefficient (Wildman–Crippen LogP) is 3.52. The minimum atomic E-state index is -0.394. The highest BCUT2D eigenvalue weighted by molar-refractivity contribution is 8.00. The molecule has 0 spiro atoms. The van der Waals surface area contributed by atoms with Crippen LogP contribution in [0.5, 0.6) is 5.75 Å². The van der Waals surface area contributed by atoms with Crippen molar-refractivity contribution in [2.45, 2.75) is 42.8 Å². The number of hydrogen-bond acceptors (Lipinski definition) is 4. The third-order valence-corrected chi connectivity index (χ3v) is 4.35. The van der Waals surface area contributed by atoms with Gasteiger partial charge >= 0.3 is 5.97 Å². The van der Waals surface area contributed by atoms with E-state index in [1.165, 1.54) is 32.6 Å². The van der Waals surface area contributed by atoms with E-state index in [-0.39, 0.29) is 0 Å². The topological polar surface area (TPSA) is 50.1 Å². The van der Waals surface area contributed by atoms with Gasteiger partial charge in [-0.1, -0.05) is 18.9 Å². The largest absolute Gasteiger partial charge is 0.425 e. The molecule has 0 unspecified atom stereocenters. The maximum atomic E-state index is 11.0. The smallest absolute Gasteiger partial charge is 0.308 e. The van der Waals surface area contributed by atoms with E-state index in [0.29, 0.717) is 16.6 Å². The summed E-state index contributed by atoms with van der Waals surface area (Å²) in [6.45, 7) is 1.35. The number of nitrogens with zero attached hydrogens (tertiary/aromatic N) is 1. The highest BCUT2D eigenvalue weighted by Crippen LogP contribution is 2.38. The fourth-order valence-corrected chi connectivity index (χ4v) is 3.49. The van der Waals surface area contributed by atoms with Gasteiger partial charge in [-0.25, -0.2) is 0 Å². The van der Waals surface area contributed by atoms with Crippen LogP contribution in [0.3, 0.4) is 0 Å². The molecule has 1 saturated carbocycles. The molecule has 1 aromatic carbocycles. The number of esters is 1. The van der Waals surface area contributed by atoms with Crippen LogP contribution >= 0.6 is 11.8 Å². The lowest BCUT2D eigenvalue weighted by atomic mass is 10.2. The Morgan fingerprint density at radius 1 is 1.44 bits per heavy atom. The first-order valence-corrected chi connectivity index (χ1v) is 6.97. The highest BCUT2D eigenvalue weighted by atomic mass is 32.2. The van der Waals surface area contributed by atoms with Gasteiger partial charge in [-0.3, -0.25) is 4.79 Å². The Morgan fingerprint density at radius 3 is 2.78 bits per heavy atom. The summed E-state index contributed by atoms with van der Waals surface area (Å²) in [5, 5.41) is 9.82. The Balaban J connectivity index is 2.23. The lowest BCUT2D eigenvalue weighted by molar-refractivity contribution is -0.131. The number of nitriles is 1. The molecule has 0 aliphatic heterocycles. The molecule has 4 heteroatoms. The monoisotopic (exact) mass is 261 g/mol. The molecule has 0 aromatic heterocycles. The number of carbonyl (C=O) groups is 1. The molecule has 3 nitrogen and oxygen atoms in total. The summed E-state index contributed by atoms with van der Waals surface area (Å²) in [4.78, 5) is 11.9. The van der Waals surface area contributed by atoms with E-state index >= 15 is 0 Å². The quantitative estimate of drug-likeness (QED) is 0.617. The Kier molecular flexibility index (Phi) is 4.27. The minimum Gasteiger partial charge on any atom is -0.425 e. The summed E-state index contributed by atoms with van der Waals surface area (Å²) < 4.78 is 5.07. The van der Waals surface area contributed by atoms with Crippen molar-refractivity contribution in [1.82, 2.24) is 0 Å². The van der Waals surface area contributed by atoms with Crippen molar-refractivity contribution in [3.8, 4) is 11.8 Å². The van der Waals surface area contributed by atoms with E-state index in [4.69, 9.17) is 4.74 Å². The van der Waals surface area contributed by atoms with Gasteiger partial charge in [-0.05, 0) is 25.0 Å². The molecule has 0 bridgehead atoms. The van der Waals surface area contributed by atoms with Crippen LogP contribution in [0.15, 0.2) is 23.1 Å². The second-order valence-electron chi connectivity index (χ2n) is 4.36. The van der Waals surface area contributed by atoms with Crippen LogP contribution < -0.4 is 4.74 Å². The number of rotatable bonds is 3. The standard InChI is InChI=1S/C14H15NO2S/c1-10(16)17-13-7-4-8-14(12(13)9-15)18-11-5-2-3-6-11/h4,7-8,11H,2-3,5-6H2,1H3. The molecule has 18 heavy (non-hydrogen) atoms. The molecule has 0 atom stereocenters. The van der Waals surface area contributed by atoms with Gasteiger partial charge in [-0.15, -0.1) is 11.8 Å². The second kappa shape index (κ2) is 5.92. The van der Waals surface area contributed by atoms with Gasteiger partial charge in [0.1, 0.15) is 17.4 Å². The summed E-state index contributed by atoms with van der Waals surface area (Å²) in [6, 6.07) is 7.57. The summed E-state index contributed by atoms with van der Waals surface area (Å²) in [5.41, 5.74) is 0.476. The molecule has 0 heterocycles. The van der Waals surface area contributed by atoms with Crippen molar-refractivity contribution in [1.29, 1.82) is 5.26 Å². The SMILES string of the molecule is CC(=O)Oc1cccc(SC2CCCC2)c1C#N. The van der Waals surface area contributed by atoms with Gasteiger partial charge in [-0.2, -0.15) is 5.26 Å². The molecule has 2 rings (SSSR count). The Bertz CT molecular complexity index is 487. The van der Waals surface area contributed by atoms with E-state index in [1.807, 2.05) is 12.1 Å². The molecular weight excluding hydrogens is 246 g/mol. The molecule has 94 valence electrons. The van der Waals surface area contributed by atoms with Crippen LogP contribution in [-0.2, 0) is 4.79 Å². The summed E-state index contributed by atoms with van der Waals surface area (Å²) >= 11 is 1.73. The van der Waals surface area contributed by atoms with E-state index in [9.17, 15) is 10.1 Å². The summed E-state index contributed by atoms with van der Waals surface area (Å²) in [5.74, 6) is -0.0255. The van der Waals surface area contributed by atoms with Crippen molar-refractivity contribution >= 4 is 17.7 Å². The van der Waals surface area contributed by atoms with Crippen LogP contribution in [0.4, 0.5) is 0 Å². The van der Waals surface area contributed by atoms with Gasteiger partial charge in [0, 0.05) is 17.1 Å². The average molecular weight is 261 g/mol. The third kappa shape index (κ3) is 3.05. The maximum absolute atomic E-state index is 11.0. The highest BCUT2D eigenvalue weighted by Gasteiger charge is 2.19. The number of hydrogen-bond donors (Lipinski definition) is 0. The van der Waals surface area contributed by atoms with Gasteiger partial charge in [0.15, 0.2) is 0 Å². The van der Waals surface area contributed by atoms with Crippen LogP contribution in [0.1, 0.15) is 38.2 Å². The van der Waals surface area contributed by atoms with E-state index in [1.54, 1.807) is 17.8 Å². The van der Waals surface area contributed by atoms with Crippen molar-refractivity contribution in [3.63, 3.8) is 0 Å². The zero-order chi connectivity index (χ0) is 13.0. The molecule has 1 aliphatic carbocycles. The first-order valence-electron chi connectivity index (χ1n) is 6.09. The molecule has 1 aromatic rings. The van der Waals surface area contributed by atoms with Crippen LogP contribution in [0.2, 0.25) is 0 Å². The zero-order valence-corrected chi connectivity index (χ0v) is 11.1. The molecular formula is C14H15NO2S. The van der Waals surface area contributed by atoms with E-state index in [0.717, 1.165) is 4.90 Å². The summed E-state index contributed by atoms with van der Waals surface area (Å²) in [6.07, 6.45) is 4.94. The Morgan fingerprint density at radius 2 is 2.17 bits per heavy atom. The van der Waals surface area contributed by atoms with E-state index < -0.39 is 5.97 Å². The first-order chi connectivity index (χ1) is 8.70. The third-order valence-electron chi connectivity index (χ3n) is 2.95. The second-order valence-corrected chi connectivity index (χ2v) is 5.70. The maximum Gasteiger partial charge on any atom is 0.308 e. The van der Waals surface area contributed by atoms with Gasteiger partial charge in [0.2, 0.25) is 0 Å². The fourth-order valence-electron chi connectivity index (χ4n) is 2.15. The van der Waals surface area contributed by atoms with Gasteiger partial charge < -0.3 is 4.74 Å². The van der Waals surface area contributed by atoms with Crippen molar-refractivity contribution < 1.29 is 9.53 Å². The molecule has 1 fully saturated rings.